The fraction of sp³-hybridized carbons (Fsp3) is 0.562. The molecule has 1 aromatic rings. The van der Waals surface area contributed by atoms with Crippen molar-refractivity contribution in [2.75, 3.05) is 19.6 Å². The number of pyridine rings is 1. The highest BCUT2D eigenvalue weighted by Crippen LogP contribution is 2.19. The molecule has 23 heavy (non-hydrogen) atoms. The lowest BCUT2D eigenvalue weighted by atomic mass is 10.1. The van der Waals surface area contributed by atoms with Crippen LogP contribution >= 0.6 is 11.6 Å². The standard InChI is InChI=1S/C16H22ClN3O3/c1-11-10-19(15(22)23-16(2,3)4)8-9-20(11)14(21)12-6-5-7-18-13(12)17/h5-7,11H,8-10H2,1-4H3. The van der Waals surface area contributed by atoms with Gasteiger partial charge in [-0.2, -0.15) is 0 Å². The quantitative estimate of drug-likeness (QED) is 0.738. The fourth-order valence-corrected chi connectivity index (χ4v) is 2.65. The second-order valence-electron chi connectivity index (χ2n) is 6.62. The number of rotatable bonds is 1. The van der Waals surface area contributed by atoms with Crippen molar-refractivity contribution in [3.8, 4) is 0 Å². The van der Waals surface area contributed by atoms with Crippen LogP contribution in [0.25, 0.3) is 0 Å². The van der Waals surface area contributed by atoms with Crippen LogP contribution < -0.4 is 0 Å². The minimum atomic E-state index is -0.531. The first-order valence-corrected chi connectivity index (χ1v) is 7.96. The van der Waals surface area contributed by atoms with Gasteiger partial charge in [0.05, 0.1) is 5.56 Å². The molecule has 6 nitrogen and oxygen atoms in total. The summed E-state index contributed by atoms with van der Waals surface area (Å²) in [6.07, 6.45) is 1.19. The van der Waals surface area contributed by atoms with Gasteiger partial charge in [-0.3, -0.25) is 4.79 Å². The Hall–Kier alpha value is -1.82. The van der Waals surface area contributed by atoms with Crippen molar-refractivity contribution in [3.63, 3.8) is 0 Å². The molecule has 1 aliphatic rings. The Labute approximate surface area is 141 Å². The van der Waals surface area contributed by atoms with E-state index in [-0.39, 0.29) is 23.2 Å². The number of aromatic nitrogens is 1. The largest absolute Gasteiger partial charge is 0.444 e. The van der Waals surface area contributed by atoms with Crippen LogP contribution in [-0.2, 0) is 4.74 Å². The Bertz CT molecular complexity index is 600. The first-order valence-electron chi connectivity index (χ1n) is 7.58. The van der Waals surface area contributed by atoms with Gasteiger partial charge in [-0.15, -0.1) is 0 Å². The van der Waals surface area contributed by atoms with Crippen LogP contribution in [0.15, 0.2) is 18.3 Å². The van der Waals surface area contributed by atoms with Crippen LogP contribution in [0.4, 0.5) is 4.79 Å². The molecule has 1 aliphatic heterocycles. The number of carbonyl (C=O) groups excluding carboxylic acids is 2. The van der Waals surface area contributed by atoms with E-state index in [0.29, 0.717) is 25.2 Å². The molecule has 1 aromatic heterocycles. The second-order valence-corrected chi connectivity index (χ2v) is 6.97. The maximum atomic E-state index is 12.6. The van der Waals surface area contributed by atoms with Crippen molar-refractivity contribution < 1.29 is 14.3 Å². The zero-order valence-electron chi connectivity index (χ0n) is 13.9. The van der Waals surface area contributed by atoms with E-state index in [1.165, 1.54) is 0 Å². The van der Waals surface area contributed by atoms with E-state index in [1.54, 1.807) is 28.1 Å². The molecule has 2 rings (SSSR count). The van der Waals surface area contributed by atoms with Gasteiger partial charge in [0, 0.05) is 31.9 Å². The number of ether oxygens (including phenoxy) is 1. The van der Waals surface area contributed by atoms with Crippen molar-refractivity contribution in [2.24, 2.45) is 0 Å². The summed E-state index contributed by atoms with van der Waals surface area (Å²) in [5.74, 6) is -0.167. The van der Waals surface area contributed by atoms with Crippen LogP contribution in [0, 0.1) is 0 Å². The number of halogens is 1. The molecule has 0 bridgehead atoms. The maximum Gasteiger partial charge on any atom is 0.410 e. The summed E-state index contributed by atoms with van der Waals surface area (Å²) < 4.78 is 5.38. The predicted octanol–water partition coefficient (Wildman–Crippen LogP) is 2.82. The van der Waals surface area contributed by atoms with Crippen LogP contribution in [0.3, 0.4) is 0 Å². The molecule has 0 aliphatic carbocycles. The van der Waals surface area contributed by atoms with Crippen molar-refractivity contribution in [2.45, 2.75) is 39.3 Å². The lowest BCUT2D eigenvalue weighted by Crippen LogP contribution is -2.56. The number of hydrogen-bond donors (Lipinski definition) is 0. The number of carbonyl (C=O) groups is 2. The Morgan fingerprint density at radius 3 is 2.61 bits per heavy atom. The van der Waals surface area contributed by atoms with E-state index >= 15 is 0 Å². The summed E-state index contributed by atoms with van der Waals surface area (Å²) in [6.45, 7) is 8.69. The van der Waals surface area contributed by atoms with Gasteiger partial charge < -0.3 is 14.5 Å². The summed E-state index contributed by atoms with van der Waals surface area (Å²) >= 11 is 5.99. The van der Waals surface area contributed by atoms with E-state index in [9.17, 15) is 9.59 Å². The molecular formula is C16H22ClN3O3. The number of amides is 2. The lowest BCUT2D eigenvalue weighted by Gasteiger charge is -2.40. The molecule has 7 heteroatoms. The Balaban J connectivity index is 2.03. The molecule has 1 saturated heterocycles. The Morgan fingerprint density at radius 2 is 2.04 bits per heavy atom. The third-order valence-corrected chi connectivity index (χ3v) is 3.83. The van der Waals surface area contributed by atoms with Gasteiger partial charge in [-0.05, 0) is 39.8 Å². The summed E-state index contributed by atoms with van der Waals surface area (Å²) in [5, 5.41) is 0.194. The molecule has 1 unspecified atom stereocenters. The second kappa shape index (κ2) is 6.74. The summed E-state index contributed by atoms with van der Waals surface area (Å²) in [6, 6.07) is 3.21. The maximum absolute atomic E-state index is 12.6. The van der Waals surface area contributed by atoms with Crippen molar-refractivity contribution in [3.05, 3.63) is 29.0 Å². The monoisotopic (exact) mass is 339 g/mol. The normalized spacial score (nSPS) is 18.7. The highest BCUT2D eigenvalue weighted by Gasteiger charge is 2.33. The van der Waals surface area contributed by atoms with Crippen molar-refractivity contribution in [1.82, 2.24) is 14.8 Å². The summed E-state index contributed by atoms with van der Waals surface area (Å²) in [5.41, 5.74) is -0.150. The van der Waals surface area contributed by atoms with Crippen LogP contribution in [0.5, 0.6) is 0 Å². The minimum absolute atomic E-state index is 0.125. The smallest absolute Gasteiger partial charge is 0.410 e. The van der Waals surface area contributed by atoms with Gasteiger partial charge in [-0.25, -0.2) is 9.78 Å². The van der Waals surface area contributed by atoms with E-state index < -0.39 is 5.60 Å². The Morgan fingerprint density at radius 1 is 1.35 bits per heavy atom. The van der Waals surface area contributed by atoms with Crippen LogP contribution in [-0.4, -0.2) is 58.1 Å². The predicted molar refractivity (Wildman–Crippen MR) is 87.6 cm³/mol. The summed E-state index contributed by atoms with van der Waals surface area (Å²) in [7, 11) is 0. The molecule has 126 valence electrons. The zero-order valence-corrected chi connectivity index (χ0v) is 14.6. The number of hydrogen-bond acceptors (Lipinski definition) is 4. The van der Waals surface area contributed by atoms with Gasteiger partial charge in [0.15, 0.2) is 0 Å². The minimum Gasteiger partial charge on any atom is -0.444 e. The van der Waals surface area contributed by atoms with Gasteiger partial charge in [0.1, 0.15) is 10.8 Å². The van der Waals surface area contributed by atoms with E-state index in [1.807, 2.05) is 27.7 Å². The molecule has 0 spiro atoms. The molecule has 0 radical (unpaired) electrons. The van der Waals surface area contributed by atoms with Crippen LogP contribution in [0.2, 0.25) is 5.15 Å². The highest BCUT2D eigenvalue weighted by molar-refractivity contribution is 6.32. The topological polar surface area (TPSA) is 62.7 Å². The van der Waals surface area contributed by atoms with Gasteiger partial charge >= 0.3 is 6.09 Å². The van der Waals surface area contributed by atoms with Crippen LogP contribution in [0.1, 0.15) is 38.1 Å². The molecule has 0 saturated carbocycles. The SMILES string of the molecule is CC1CN(C(=O)OC(C)(C)C)CCN1C(=O)c1cccnc1Cl. The molecule has 1 atom stereocenters. The third-order valence-electron chi connectivity index (χ3n) is 3.53. The first kappa shape index (κ1) is 17.5. The van der Waals surface area contributed by atoms with E-state index in [0.717, 1.165) is 0 Å². The zero-order chi connectivity index (χ0) is 17.2. The fourth-order valence-electron chi connectivity index (χ4n) is 2.45. The molecule has 1 fully saturated rings. The summed E-state index contributed by atoms with van der Waals surface area (Å²) in [4.78, 5) is 32.0. The number of nitrogens with zero attached hydrogens (tertiary/aromatic N) is 3. The van der Waals surface area contributed by atoms with Gasteiger partial charge in [0.2, 0.25) is 0 Å². The van der Waals surface area contributed by atoms with E-state index in [4.69, 9.17) is 16.3 Å². The highest BCUT2D eigenvalue weighted by atomic mass is 35.5. The van der Waals surface area contributed by atoms with E-state index in [2.05, 4.69) is 4.98 Å². The first-order chi connectivity index (χ1) is 10.7. The van der Waals surface area contributed by atoms with Gasteiger partial charge in [0.25, 0.3) is 5.91 Å². The molecule has 0 aromatic carbocycles. The Kier molecular flexibility index (Phi) is 5.14. The van der Waals surface area contributed by atoms with Crippen molar-refractivity contribution in [1.29, 1.82) is 0 Å². The molecular weight excluding hydrogens is 318 g/mol. The molecule has 2 heterocycles. The van der Waals surface area contributed by atoms with Gasteiger partial charge in [-0.1, -0.05) is 11.6 Å². The average molecular weight is 340 g/mol. The molecule has 0 N–H and O–H groups in total. The van der Waals surface area contributed by atoms with Crippen molar-refractivity contribution >= 4 is 23.6 Å². The average Bonchev–Trinajstić information content (AvgIpc) is 2.45. The molecule has 2 amide bonds. The third kappa shape index (κ3) is 4.34. The lowest BCUT2D eigenvalue weighted by molar-refractivity contribution is 0.00616. The number of piperazine rings is 1.